The fourth-order valence-electron chi connectivity index (χ4n) is 2.94. The van der Waals surface area contributed by atoms with E-state index in [1.54, 1.807) is 24.0 Å². The molecule has 1 saturated heterocycles. The largest absolute Gasteiger partial charge is 0.466 e. The van der Waals surface area contributed by atoms with Crippen LogP contribution in [0.5, 0.6) is 0 Å². The highest BCUT2D eigenvalue weighted by Crippen LogP contribution is 2.20. The van der Waals surface area contributed by atoms with Crippen LogP contribution in [-0.4, -0.2) is 48.9 Å². The summed E-state index contributed by atoms with van der Waals surface area (Å²) in [5.74, 6) is -0.302. The van der Waals surface area contributed by atoms with Gasteiger partial charge in [0.2, 0.25) is 5.91 Å². The fourth-order valence-corrected chi connectivity index (χ4v) is 3.21. The number of benzene rings is 1. The first-order chi connectivity index (χ1) is 12.5. The number of piperidine rings is 1. The second kappa shape index (κ2) is 10.3. The van der Waals surface area contributed by atoms with Gasteiger partial charge in [-0.05, 0) is 50.5 Å². The minimum atomic E-state index is -0.235. The minimum Gasteiger partial charge on any atom is -0.466 e. The van der Waals surface area contributed by atoms with Crippen molar-refractivity contribution in [2.75, 3.05) is 26.2 Å². The van der Waals surface area contributed by atoms with Crippen molar-refractivity contribution in [2.24, 2.45) is 5.92 Å². The molecule has 1 aromatic rings. The van der Waals surface area contributed by atoms with Crippen LogP contribution in [0.1, 0.15) is 43.0 Å². The molecule has 0 bridgehead atoms. The summed E-state index contributed by atoms with van der Waals surface area (Å²) in [6.45, 7) is 3.78. The van der Waals surface area contributed by atoms with E-state index in [2.05, 4.69) is 21.2 Å². The van der Waals surface area contributed by atoms with E-state index in [0.29, 0.717) is 57.5 Å². The standard InChI is InChI=1S/C19H25BrN2O4/c1-2-26-17(23)4-3-11-21-18(24)14-9-12-22(13-10-14)19(25)15-5-7-16(20)8-6-15/h5-8,14H,2-4,9-13H2,1H3,(H,21,24). The van der Waals surface area contributed by atoms with Crippen LogP contribution in [-0.2, 0) is 14.3 Å². The average molecular weight is 425 g/mol. The first-order valence-electron chi connectivity index (χ1n) is 8.99. The minimum absolute atomic E-state index is 0.00426. The molecule has 1 aliphatic heterocycles. The van der Waals surface area contributed by atoms with Crippen molar-refractivity contribution in [1.82, 2.24) is 10.2 Å². The number of ether oxygens (including phenoxy) is 1. The summed E-state index contributed by atoms with van der Waals surface area (Å²) in [7, 11) is 0. The molecule has 1 aliphatic rings. The van der Waals surface area contributed by atoms with Crippen molar-refractivity contribution in [3.8, 4) is 0 Å². The molecule has 7 heteroatoms. The SMILES string of the molecule is CCOC(=O)CCCNC(=O)C1CCN(C(=O)c2ccc(Br)cc2)CC1. The van der Waals surface area contributed by atoms with E-state index in [1.165, 1.54) is 0 Å². The zero-order valence-corrected chi connectivity index (χ0v) is 16.6. The molecule has 142 valence electrons. The Morgan fingerprint density at radius 2 is 1.85 bits per heavy atom. The van der Waals surface area contributed by atoms with Crippen molar-refractivity contribution in [3.05, 3.63) is 34.3 Å². The van der Waals surface area contributed by atoms with E-state index in [9.17, 15) is 14.4 Å². The van der Waals surface area contributed by atoms with Crippen LogP contribution in [0, 0.1) is 5.92 Å². The van der Waals surface area contributed by atoms with Gasteiger partial charge in [0.15, 0.2) is 0 Å². The van der Waals surface area contributed by atoms with Gasteiger partial charge in [0, 0.05) is 42.0 Å². The van der Waals surface area contributed by atoms with E-state index >= 15 is 0 Å². The van der Waals surface area contributed by atoms with Gasteiger partial charge in [-0.1, -0.05) is 15.9 Å². The lowest BCUT2D eigenvalue weighted by Crippen LogP contribution is -2.43. The number of likely N-dealkylation sites (tertiary alicyclic amines) is 1. The van der Waals surface area contributed by atoms with Crippen molar-refractivity contribution in [2.45, 2.75) is 32.6 Å². The van der Waals surface area contributed by atoms with Gasteiger partial charge in [-0.3, -0.25) is 14.4 Å². The Morgan fingerprint density at radius 1 is 1.19 bits per heavy atom. The van der Waals surface area contributed by atoms with Crippen molar-refractivity contribution in [1.29, 1.82) is 0 Å². The van der Waals surface area contributed by atoms with Gasteiger partial charge in [-0.2, -0.15) is 0 Å². The maximum absolute atomic E-state index is 12.5. The number of halogens is 1. The van der Waals surface area contributed by atoms with Crippen LogP contribution >= 0.6 is 15.9 Å². The van der Waals surface area contributed by atoms with E-state index in [0.717, 1.165) is 4.47 Å². The molecular weight excluding hydrogens is 400 g/mol. The van der Waals surface area contributed by atoms with Crippen molar-refractivity contribution < 1.29 is 19.1 Å². The number of carbonyl (C=O) groups excluding carboxylic acids is 3. The predicted octanol–water partition coefficient (Wildman–Crippen LogP) is 2.76. The first kappa shape index (κ1) is 20.4. The number of amides is 2. The predicted molar refractivity (Wildman–Crippen MR) is 102 cm³/mol. The third-order valence-electron chi connectivity index (χ3n) is 4.41. The summed E-state index contributed by atoms with van der Waals surface area (Å²) in [5, 5.41) is 2.88. The molecule has 0 aromatic heterocycles. The van der Waals surface area contributed by atoms with Crippen LogP contribution in [0.2, 0.25) is 0 Å². The molecule has 6 nitrogen and oxygen atoms in total. The molecule has 0 spiro atoms. The highest BCUT2D eigenvalue weighted by atomic mass is 79.9. The second-order valence-corrected chi connectivity index (χ2v) is 7.19. The second-order valence-electron chi connectivity index (χ2n) is 6.27. The molecule has 0 atom stereocenters. The number of esters is 1. The third kappa shape index (κ3) is 6.12. The monoisotopic (exact) mass is 424 g/mol. The Kier molecular flexibility index (Phi) is 8.09. The van der Waals surface area contributed by atoms with Crippen molar-refractivity contribution >= 4 is 33.7 Å². The van der Waals surface area contributed by atoms with E-state index in [-0.39, 0.29) is 23.7 Å². The summed E-state index contributed by atoms with van der Waals surface area (Å²) >= 11 is 3.36. The van der Waals surface area contributed by atoms with Gasteiger partial charge in [0.25, 0.3) is 5.91 Å². The zero-order valence-electron chi connectivity index (χ0n) is 15.0. The summed E-state index contributed by atoms with van der Waals surface area (Å²) < 4.78 is 5.79. The Labute approximate surface area is 162 Å². The van der Waals surface area contributed by atoms with Gasteiger partial charge >= 0.3 is 5.97 Å². The van der Waals surface area contributed by atoms with Crippen LogP contribution in [0.15, 0.2) is 28.7 Å². The van der Waals surface area contributed by atoms with Crippen molar-refractivity contribution in [3.63, 3.8) is 0 Å². The maximum atomic E-state index is 12.5. The highest BCUT2D eigenvalue weighted by Gasteiger charge is 2.27. The van der Waals surface area contributed by atoms with E-state index < -0.39 is 0 Å². The summed E-state index contributed by atoms with van der Waals surface area (Å²) in [4.78, 5) is 37.7. The maximum Gasteiger partial charge on any atom is 0.305 e. The number of nitrogens with one attached hydrogen (secondary N) is 1. The molecular formula is C19H25BrN2O4. The highest BCUT2D eigenvalue weighted by molar-refractivity contribution is 9.10. The molecule has 1 aromatic carbocycles. The molecule has 2 rings (SSSR count). The quantitative estimate of drug-likeness (QED) is 0.539. The Morgan fingerprint density at radius 3 is 2.46 bits per heavy atom. The molecule has 1 fully saturated rings. The molecule has 1 N–H and O–H groups in total. The van der Waals surface area contributed by atoms with Gasteiger partial charge in [-0.15, -0.1) is 0 Å². The van der Waals surface area contributed by atoms with Gasteiger partial charge < -0.3 is 15.0 Å². The molecule has 0 unspecified atom stereocenters. The van der Waals surface area contributed by atoms with Crippen LogP contribution in [0.3, 0.4) is 0 Å². The number of rotatable bonds is 7. The van der Waals surface area contributed by atoms with Crippen LogP contribution in [0.25, 0.3) is 0 Å². The Bertz CT molecular complexity index is 625. The number of nitrogens with zero attached hydrogens (tertiary/aromatic N) is 1. The summed E-state index contributed by atoms with van der Waals surface area (Å²) in [6, 6.07) is 7.30. The Balaban J connectivity index is 1.70. The number of hydrogen-bond acceptors (Lipinski definition) is 4. The van der Waals surface area contributed by atoms with E-state index in [4.69, 9.17) is 4.74 Å². The summed E-state index contributed by atoms with van der Waals surface area (Å²) in [5.41, 5.74) is 0.662. The molecule has 0 radical (unpaired) electrons. The lowest BCUT2D eigenvalue weighted by molar-refractivity contribution is -0.143. The van der Waals surface area contributed by atoms with Crippen LogP contribution in [0.4, 0.5) is 0 Å². The number of carbonyl (C=O) groups is 3. The average Bonchev–Trinajstić information content (AvgIpc) is 2.65. The fraction of sp³-hybridized carbons (Fsp3) is 0.526. The first-order valence-corrected chi connectivity index (χ1v) is 9.78. The zero-order chi connectivity index (χ0) is 18.9. The van der Waals surface area contributed by atoms with E-state index in [1.807, 2.05) is 12.1 Å². The third-order valence-corrected chi connectivity index (χ3v) is 4.94. The lowest BCUT2D eigenvalue weighted by Gasteiger charge is -2.31. The topological polar surface area (TPSA) is 75.7 Å². The van der Waals surface area contributed by atoms with Gasteiger partial charge in [0.05, 0.1) is 6.61 Å². The molecule has 0 saturated carbocycles. The van der Waals surface area contributed by atoms with Gasteiger partial charge in [0.1, 0.15) is 0 Å². The molecule has 26 heavy (non-hydrogen) atoms. The van der Waals surface area contributed by atoms with Gasteiger partial charge in [-0.25, -0.2) is 0 Å². The normalized spacial score (nSPS) is 14.8. The smallest absolute Gasteiger partial charge is 0.305 e. The lowest BCUT2D eigenvalue weighted by atomic mass is 9.95. The Hall–Kier alpha value is -1.89. The van der Waals surface area contributed by atoms with Crippen LogP contribution < -0.4 is 5.32 Å². The molecule has 0 aliphatic carbocycles. The molecule has 1 heterocycles. The summed E-state index contributed by atoms with van der Waals surface area (Å²) in [6.07, 6.45) is 2.21. The molecule has 2 amide bonds. The number of hydrogen-bond donors (Lipinski definition) is 1.